The van der Waals surface area contributed by atoms with Crippen molar-refractivity contribution in [3.8, 4) is 5.75 Å². The Morgan fingerprint density at radius 1 is 1.50 bits per heavy atom. The van der Waals surface area contributed by atoms with Crippen LogP contribution in [-0.2, 0) is 17.4 Å². The first-order chi connectivity index (χ1) is 7.37. The van der Waals surface area contributed by atoms with Gasteiger partial charge in [-0.05, 0) is 12.1 Å². The number of nitrogens with zero attached hydrogens (tertiary/aromatic N) is 2. The van der Waals surface area contributed by atoms with Crippen molar-refractivity contribution in [2.24, 2.45) is 7.05 Å². The maximum absolute atomic E-state index is 10.5. The molecular formula is C8H7ClN2O4S. The van der Waals surface area contributed by atoms with Gasteiger partial charge in [-0.1, -0.05) is 11.6 Å². The highest BCUT2D eigenvalue weighted by Gasteiger charge is 2.14. The molecule has 16 heavy (non-hydrogen) atoms. The Balaban J connectivity index is 2.60. The molecular weight excluding hydrogens is 256 g/mol. The van der Waals surface area contributed by atoms with Gasteiger partial charge in [0.25, 0.3) is 0 Å². The molecule has 86 valence electrons. The van der Waals surface area contributed by atoms with Crippen molar-refractivity contribution in [2.45, 2.75) is 0 Å². The molecule has 0 aliphatic carbocycles. The lowest BCUT2D eigenvalue weighted by atomic mass is 10.2. The van der Waals surface area contributed by atoms with Crippen LogP contribution >= 0.6 is 11.6 Å². The normalized spacial score (nSPS) is 11.9. The van der Waals surface area contributed by atoms with Crippen molar-refractivity contribution >= 4 is 32.9 Å². The maximum Gasteiger partial charge on any atom is 0.446 e. The van der Waals surface area contributed by atoms with Gasteiger partial charge in [0.05, 0.1) is 10.5 Å². The molecule has 1 aromatic heterocycles. The first kappa shape index (κ1) is 11.2. The summed E-state index contributed by atoms with van der Waals surface area (Å²) >= 11 is 5.91. The Labute approximate surface area is 96.3 Å². The Hall–Kier alpha value is -1.31. The van der Waals surface area contributed by atoms with E-state index in [-0.39, 0.29) is 10.8 Å². The third-order valence-corrected chi connectivity index (χ3v) is 2.68. The monoisotopic (exact) mass is 262 g/mol. The van der Waals surface area contributed by atoms with Crippen LogP contribution in [0.15, 0.2) is 18.3 Å². The minimum absolute atomic E-state index is 0.0863. The van der Waals surface area contributed by atoms with Crippen LogP contribution in [0.2, 0.25) is 5.02 Å². The van der Waals surface area contributed by atoms with E-state index in [4.69, 9.17) is 16.2 Å². The van der Waals surface area contributed by atoms with E-state index in [0.29, 0.717) is 10.9 Å². The SMILES string of the molecule is Cn1cc2c(Cl)c(OS(=O)(=O)O)ccc2n1. The molecule has 0 fully saturated rings. The molecule has 0 aliphatic rings. The Kier molecular flexibility index (Phi) is 2.53. The first-order valence-corrected chi connectivity index (χ1v) is 5.90. The van der Waals surface area contributed by atoms with E-state index in [1.807, 2.05) is 0 Å². The lowest BCUT2D eigenvalue weighted by molar-refractivity contribution is 0.387. The summed E-state index contributed by atoms with van der Waals surface area (Å²) in [6.45, 7) is 0. The zero-order valence-corrected chi connectivity index (χ0v) is 9.66. The van der Waals surface area contributed by atoms with E-state index >= 15 is 0 Å². The topological polar surface area (TPSA) is 81.4 Å². The average molecular weight is 263 g/mol. The van der Waals surface area contributed by atoms with Gasteiger partial charge in [-0.3, -0.25) is 9.23 Å². The van der Waals surface area contributed by atoms with Crippen molar-refractivity contribution in [3.63, 3.8) is 0 Å². The fraction of sp³-hybridized carbons (Fsp3) is 0.125. The predicted molar refractivity (Wildman–Crippen MR) is 57.9 cm³/mol. The van der Waals surface area contributed by atoms with E-state index in [0.717, 1.165) is 0 Å². The Morgan fingerprint density at radius 3 is 2.81 bits per heavy atom. The van der Waals surface area contributed by atoms with Crippen LogP contribution in [0.3, 0.4) is 0 Å². The van der Waals surface area contributed by atoms with E-state index in [1.165, 1.54) is 10.7 Å². The molecule has 0 amide bonds. The number of fused-ring (bicyclic) bond motifs is 1. The summed E-state index contributed by atoms with van der Waals surface area (Å²) in [6, 6.07) is 2.87. The first-order valence-electron chi connectivity index (χ1n) is 4.15. The lowest BCUT2D eigenvalue weighted by Crippen LogP contribution is -2.06. The number of aromatic nitrogens is 2. The van der Waals surface area contributed by atoms with Gasteiger partial charge >= 0.3 is 10.4 Å². The second kappa shape index (κ2) is 3.62. The van der Waals surface area contributed by atoms with Gasteiger partial charge in [0.15, 0.2) is 5.75 Å². The van der Waals surface area contributed by atoms with Crippen molar-refractivity contribution in [3.05, 3.63) is 23.4 Å². The summed E-state index contributed by atoms with van der Waals surface area (Å²) < 4.78 is 35.5. The predicted octanol–water partition coefficient (Wildman–Crippen LogP) is 1.41. The number of aryl methyl sites for hydroxylation is 1. The Morgan fingerprint density at radius 2 is 2.19 bits per heavy atom. The van der Waals surface area contributed by atoms with Crippen molar-refractivity contribution in [1.29, 1.82) is 0 Å². The summed E-state index contributed by atoms with van der Waals surface area (Å²) in [6.07, 6.45) is 1.62. The number of halogens is 1. The summed E-state index contributed by atoms with van der Waals surface area (Å²) in [5.74, 6) is -0.135. The van der Waals surface area contributed by atoms with Gasteiger partial charge in [-0.25, -0.2) is 0 Å². The molecule has 0 aliphatic heterocycles. The van der Waals surface area contributed by atoms with Crippen LogP contribution < -0.4 is 4.18 Å². The minimum atomic E-state index is -4.57. The molecule has 0 saturated heterocycles. The molecule has 8 heteroatoms. The third-order valence-electron chi connectivity index (χ3n) is 1.90. The number of rotatable bonds is 2. The van der Waals surface area contributed by atoms with E-state index in [1.54, 1.807) is 19.3 Å². The summed E-state index contributed by atoms with van der Waals surface area (Å²) in [7, 11) is -2.87. The van der Waals surface area contributed by atoms with Crippen LogP contribution in [0.25, 0.3) is 10.9 Å². The van der Waals surface area contributed by atoms with Gasteiger partial charge in [0.2, 0.25) is 0 Å². The number of hydrogen-bond acceptors (Lipinski definition) is 4. The standard InChI is InChI=1S/C8H7ClN2O4S/c1-11-4-5-6(10-11)2-3-7(8(5)9)15-16(12,13)14/h2-4H,1H3,(H,12,13,14). The van der Waals surface area contributed by atoms with Crippen LogP contribution in [0, 0.1) is 0 Å². The molecule has 2 rings (SSSR count). The molecule has 0 bridgehead atoms. The van der Waals surface area contributed by atoms with Gasteiger partial charge in [-0.15, -0.1) is 0 Å². The highest BCUT2D eigenvalue weighted by atomic mass is 35.5. The fourth-order valence-electron chi connectivity index (χ4n) is 1.34. The minimum Gasteiger partial charge on any atom is -0.360 e. The molecule has 0 unspecified atom stereocenters. The molecule has 0 atom stereocenters. The van der Waals surface area contributed by atoms with Crippen LogP contribution in [0.4, 0.5) is 0 Å². The second-order valence-corrected chi connectivity index (χ2v) is 4.52. The number of hydrogen-bond donors (Lipinski definition) is 1. The lowest BCUT2D eigenvalue weighted by Gasteiger charge is -2.03. The van der Waals surface area contributed by atoms with E-state index < -0.39 is 10.4 Å². The Bertz CT molecular complexity index is 649. The summed E-state index contributed by atoms with van der Waals surface area (Å²) in [5.41, 5.74) is 0.607. The fourth-order valence-corrected chi connectivity index (χ4v) is 1.99. The highest BCUT2D eigenvalue weighted by Crippen LogP contribution is 2.32. The molecule has 2 aromatic rings. The smallest absolute Gasteiger partial charge is 0.360 e. The molecule has 6 nitrogen and oxygen atoms in total. The molecule has 0 saturated carbocycles. The van der Waals surface area contributed by atoms with Crippen molar-refractivity contribution in [1.82, 2.24) is 9.78 Å². The molecule has 0 radical (unpaired) electrons. The molecule has 0 spiro atoms. The van der Waals surface area contributed by atoms with Gasteiger partial charge < -0.3 is 4.18 Å². The number of benzene rings is 1. The van der Waals surface area contributed by atoms with E-state index in [2.05, 4.69) is 9.28 Å². The van der Waals surface area contributed by atoms with Crippen molar-refractivity contribution in [2.75, 3.05) is 0 Å². The average Bonchev–Trinajstić information content (AvgIpc) is 2.50. The highest BCUT2D eigenvalue weighted by molar-refractivity contribution is 7.81. The summed E-state index contributed by atoms with van der Waals surface area (Å²) in [4.78, 5) is 0. The quantitative estimate of drug-likeness (QED) is 0.828. The van der Waals surface area contributed by atoms with Crippen LogP contribution in [0.1, 0.15) is 0 Å². The molecule has 1 N–H and O–H groups in total. The van der Waals surface area contributed by atoms with Crippen molar-refractivity contribution < 1.29 is 17.2 Å². The van der Waals surface area contributed by atoms with E-state index in [9.17, 15) is 8.42 Å². The van der Waals surface area contributed by atoms with Gasteiger partial charge in [-0.2, -0.15) is 13.5 Å². The van der Waals surface area contributed by atoms with Crippen LogP contribution in [-0.4, -0.2) is 22.8 Å². The van der Waals surface area contributed by atoms with Gasteiger partial charge in [0.1, 0.15) is 0 Å². The van der Waals surface area contributed by atoms with Gasteiger partial charge in [0, 0.05) is 18.6 Å². The second-order valence-electron chi connectivity index (χ2n) is 3.12. The summed E-state index contributed by atoms with van der Waals surface area (Å²) in [5, 5.41) is 4.71. The molecule has 1 heterocycles. The maximum atomic E-state index is 10.5. The van der Waals surface area contributed by atoms with Crippen LogP contribution in [0.5, 0.6) is 5.75 Å². The zero-order valence-electron chi connectivity index (χ0n) is 8.08. The third kappa shape index (κ3) is 2.11. The molecule has 1 aromatic carbocycles. The largest absolute Gasteiger partial charge is 0.446 e. The zero-order chi connectivity index (χ0) is 11.9.